The molecule has 1 aliphatic heterocycles. The van der Waals surface area contributed by atoms with Crippen LogP contribution >= 0.6 is 0 Å². The van der Waals surface area contributed by atoms with Gasteiger partial charge in [0.1, 0.15) is 6.04 Å². The predicted molar refractivity (Wildman–Crippen MR) is 112 cm³/mol. The fourth-order valence-corrected chi connectivity index (χ4v) is 4.85. The molecule has 0 N–H and O–H groups in total. The second kappa shape index (κ2) is 9.47. The molecular weight excluding hydrogens is 394 g/mol. The largest absolute Gasteiger partial charge is 0.450 e. The average Bonchev–Trinajstić information content (AvgIpc) is 2.64. The second-order valence-electron chi connectivity index (χ2n) is 7.34. The minimum atomic E-state index is -3.68. The molecule has 29 heavy (non-hydrogen) atoms. The Bertz CT molecular complexity index is 827. The number of carbonyl (C=O) groups is 2. The van der Waals surface area contributed by atoms with Crippen molar-refractivity contribution in [1.29, 1.82) is 0 Å². The first-order valence-electron chi connectivity index (χ1n) is 9.86. The summed E-state index contributed by atoms with van der Waals surface area (Å²) in [4.78, 5) is 28.3. The maximum atomic E-state index is 13.2. The van der Waals surface area contributed by atoms with Gasteiger partial charge in [-0.1, -0.05) is 13.0 Å². The maximum absolute atomic E-state index is 13.2. The van der Waals surface area contributed by atoms with Gasteiger partial charge in [0.15, 0.2) is 0 Å². The highest BCUT2D eigenvalue weighted by atomic mass is 32.2. The molecule has 1 aromatic carbocycles. The van der Waals surface area contributed by atoms with Crippen LogP contribution in [0, 0.1) is 13.8 Å². The van der Waals surface area contributed by atoms with Crippen LogP contribution in [0.2, 0.25) is 0 Å². The van der Waals surface area contributed by atoms with Crippen molar-refractivity contribution in [3.63, 3.8) is 0 Å². The average molecular weight is 426 g/mol. The topological polar surface area (TPSA) is 87.2 Å². The highest BCUT2D eigenvalue weighted by Crippen LogP contribution is 2.26. The molecule has 0 saturated carbocycles. The van der Waals surface area contributed by atoms with E-state index in [0.29, 0.717) is 44.9 Å². The summed E-state index contributed by atoms with van der Waals surface area (Å²) in [5.74, 6) is -0.249. The molecule has 9 heteroatoms. The summed E-state index contributed by atoms with van der Waals surface area (Å²) < 4.78 is 31.5. The lowest BCUT2D eigenvalue weighted by atomic mass is 10.1. The molecule has 1 atom stereocenters. The van der Waals surface area contributed by atoms with Crippen LogP contribution in [0.25, 0.3) is 0 Å². The highest BCUT2D eigenvalue weighted by molar-refractivity contribution is 7.92. The Morgan fingerprint density at radius 1 is 1.03 bits per heavy atom. The molecule has 0 aliphatic carbocycles. The minimum absolute atomic E-state index is 0.249. The van der Waals surface area contributed by atoms with Crippen molar-refractivity contribution in [2.45, 2.75) is 40.2 Å². The van der Waals surface area contributed by atoms with Gasteiger partial charge in [-0.15, -0.1) is 0 Å². The normalized spacial score (nSPS) is 15.8. The number of hydrogen-bond donors (Lipinski definition) is 0. The number of aryl methyl sites for hydroxylation is 2. The van der Waals surface area contributed by atoms with Gasteiger partial charge in [0.25, 0.3) is 0 Å². The Morgan fingerprint density at radius 3 is 2.00 bits per heavy atom. The first-order valence-corrected chi connectivity index (χ1v) is 11.7. The van der Waals surface area contributed by atoms with E-state index in [-0.39, 0.29) is 12.0 Å². The van der Waals surface area contributed by atoms with Crippen LogP contribution in [-0.2, 0) is 19.6 Å². The van der Waals surface area contributed by atoms with E-state index in [1.165, 1.54) is 4.31 Å². The molecule has 1 heterocycles. The van der Waals surface area contributed by atoms with Crippen molar-refractivity contribution in [2.24, 2.45) is 0 Å². The van der Waals surface area contributed by atoms with Crippen molar-refractivity contribution in [2.75, 3.05) is 43.3 Å². The van der Waals surface area contributed by atoms with Crippen LogP contribution in [0.5, 0.6) is 0 Å². The lowest BCUT2D eigenvalue weighted by Gasteiger charge is -2.38. The molecule has 2 amide bonds. The number of ether oxygens (including phenoxy) is 1. The third-order valence-corrected chi connectivity index (χ3v) is 6.07. The van der Waals surface area contributed by atoms with E-state index in [2.05, 4.69) is 0 Å². The van der Waals surface area contributed by atoms with Gasteiger partial charge < -0.3 is 14.5 Å². The van der Waals surface area contributed by atoms with E-state index in [1.54, 1.807) is 35.8 Å². The van der Waals surface area contributed by atoms with Crippen molar-refractivity contribution in [3.05, 3.63) is 29.3 Å². The van der Waals surface area contributed by atoms with E-state index in [4.69, 9.17) is 4.74 Å². The zero-order valence-electron chi connectivity index (χ0n) is 17.8. The first-order chi connectivity index (χ1) is 13.6. The number of rotatable bonds is 6. The molecule has 8 nitrogen and oxygen atoms in total. The van der Waals surface area contributed by atoms with Gasteiger partial charge in [-0.25, -0.2) is 13.2 Å². The molecule has 2 rings (SSSR count). The first kappa shape index (κ1) is 23.0. The Balaban J connectivity index is 2.25. The van der Waals surface area contributed by atoms with Gasteiger partial charge in [-0.2, -0.15) is 0 Å². The molecule has 1 fully saturated rings. The maximum Gasteiger partial charge on any atom is 0.409 e. The Labute approximate surface area is 173 Å². The number of piperazine rings is 1. The van der Waals surface area contributed by atoms with Crippen LogP contribution in [0.15, 0.2) is 18.2 Å². The summed E-state index contributed by atoms with van der Waals surface area (Å²) in [5.41, 5.74) is 2.35. The number of anilines is 1. The lowest BCUT2D eigenvalue weighted by molar-refractivity contribution is -0.134. The van der Waals surface area contributed by atoms with Crippen molar-refractivity contribution in [1.82, 2.24) is 9.80 Å². The van der Waals surface area contributed by atoms with Gasteiger partial charge in [-0.3, -0.25) is 9.10 Å². The minimum Gasteiger partial charge on any atom is -0.450 e. The van der Waals surface area contributed by atoms with Crippen molar-refractivity contribution in [3.8, 4) is 0 Å². The van der Waals surface area contributed by atoms with E-state index in [9.17, 15) is 18.0 Å². The van der Waals surface area contributed by atoms with Gasteiger partial charge >= 0.3 is 6.09 Å². The number of carbonyl (C=O) groups excluding carboxylic acids is 2. The molecule has 1 aliphatic rings. The molecule has 1 saturated heterocycles. The highest BCUT2D eigenvalue weighted by Gasteiger charge is 2.36. The van der Waals surface area contributed by atoms with Crippen LogP contribution < -0.4 is 4.31 Å². The zero-order chi connectivity index (χ0) is 21.8. The fourth-order valence-electron chi connectivity index (χ4n) is 3.66. The van der Waals surface area contributed by atoms with Gasteiger partial charge in [0.2, 0.25) is 15.9 Å². The second-order valence-corrected chi connectivity index (χ2v) is 9.20. The van der Waals surface area contributed by atoms with E-state index < -0.39 is 16.1 Å². The summed E-state index contributed by atoms with van der Waals surface area (Å²) in [6.45, 7) is 9.07. The van der Waals surface area contributed by atoms with Gasteiger partial charge in [-0.05, 0) is 50.5 Å². The summed E-state index contributed by atoms with van der Waals surface area (Å²) >= 11 is 0. The zero-order valence-corrected chi connectivity index (χ0v) is 18.7. The van der Waals surface area contributed by atoms with Crippen LogP contribution in [0.3, 0.4) is 0 Å². The van der Waals surface area contributed by atoms with Crippen LogP contribution in [-0.4, -0.2) is 75.3 Å². The number of amides is 2. The van der Waals surface area contributed by atoms with E-state index in [0.717, 1.165) is 17.4 Å². The number of sulfonamides is 1. The van der Waals surface area contributed by atoms with E-state index in [1.807, 2.05) is 19.9 Å². The molecule has 162 valence electrons. The predicted octanol–water partition coefficient (Wildman–Crippen LogP) is 2.15. The fraction of sp³-hybridized carbons (Fsp3) is 0.600. The van der Waals surface area contributed by atoms with Gasteiger partial charge in [0, 0.05) is 26.2 Å². The molecular formula is C20H31N3O5S. The van der Waals surface area contributed by atoms with E-state index >= 15 is 0 Å². The SMILES string of the molecule is CCOC(=O)N1CCN(C(=O)C(CC)N(c2cc(C)cc(C)c2)S(C)(=O)=O)CC1. The number of benzene rings is 1. The molecule has 0 aromatic heterocycles. The molecule has 0 spiro atoms. The van der Waals surface area contributed by atoms with Crippen molar-refractivity contribution < 1.29 is 22.7 Å². The monoisotopic (exact) mass is 425 g/mol. The Hall–Kier alpha value is -2.29. The number of nitrogens with zero attached hydrogens (tertiary/aromatic N) is 3. The number of hydrogen-bond acceptors (Lipinski definition) is 5. The van der Waals surface area contributed by atoms with Crippen LogP contribution in [0.4, 0.5) is 10.5 Å². The summed E-state index contributed by atoms with van der Waals surface area (Å²) in [6.07, 6.45) is 1.08. The third kappa shape index (κ3) is 5.62. The van der Waals surface area contributed by atoms with Crippen LogP contribution in [0.1, 0.15) is 31.4 Å². The molecule has 1 aromatic rings. The summed E-state index contributed by atoms with van der Waals surface area (Å²) in [6, 6.07) is 4.69. The quantitative estimate of drug-likeness (QED) is 0.697. The Kier molecular flexibility index (Phi) is 7.51. The molecule has 0 bridgehead atoms. The standard InChI is InChI=1S/C20H31N3O5S/c1-6-18(19(24)21-8-10-22(11-9-21)20(25)28-7-2)23(29(5,26)27)17-13-15(3)12-16(4)14-17/h12-14,18H,6-11H2,1-5H3. The van der Waals surface area contributed by atoms with Gasteiger partial charge in [0.05, 0.1) is 18.6 Å². The summed E-state index contributed by atoms with van der Waals surface area (Å²) in [5, 5.41) is 0. The lowest BCUT2D eigenvalue weighted by Crippen LogP contribution is -2.56. The molecule has 0 radical (unpaired) electrons. The summed E-state index contributed by atoms with van der Waals surface area (Å²) in [7, 11) is -3.68. The molecule has 1 unspecified atom stereocenters. The Morgan fingerprint density at radius 2 is 1.55 bits per heavy atom. The smallest absolute Gasteiger partial charge is 0.409 e. The third-order valence-electron chi connectivity index (χ3n) is 4.89. The van der Waals surface area contributed by atoms with Crippen molar-refractivity contribution >= 4 is 27.7 Å².